The Hall–Kier alpha value is -1.74. The summed E-state index contributed by atoms with van der Waals surface area (Å²) in [5, 5.41) is 3.51. The molecule has 1 heterocycles. The zero-order chi connectivity index (χ0) is 21.9. The van der Waals surface area contributed by atoms with E-state index in [0.29, 0.717) is 20.8 Å². The standard InChI is InChI=1S/C20H15Cl2F3N2OS2/c1-11-17(9-12-8-13(21)6-7-15(12)22)30-19(26-11)29-10-18(28)27-16-5-3-2-4-14(16)20(23,24)25/h2-8H,9-10H2,1H3,(H,27,28). The van der Waals surface area contributed by atoms with Crippen molar-refractivity contribution < 1.29 is 18.0 Å². The van der Waals surface area contributed by atoms with Crippen molar-refractivity contribution >= 4 is 57.9 Å². The largest absolute Gasteiger partial charge is 0.418 e. The number of nitrogens with zero attached hydrogens (tertiary/aromatic N) is 1. The molecular formula is C20H15Cl2F3N2OS2. The molecule has 0 atom stereocenters. The fourth-order valence-electron chi connectivity index (χ4n) is 2.63. The van der Waals surface area contributed by atoms with Gasteiger partial charge in [0.1, 0.15) is 0 Å². The quantitative estimate of drug-likeness (QED) is 0.374. The van der Waals surface area contributed by atoms with Crippen LogP contribution in [0.25, 0.3) is 0 Å². The van der Waals surface area contributed by atoms with Gasteiger partial charge in [0, 0.05) is 21.3 Å². The van der Waals surface area contributed by atoms with Crippen LogP contribution in [0.4, 0.5) is 18.9 Å². The van der Waals surface area contributed by atoms with Crippen LogP contribution in [0.3, 0.4) is 0 Å². The first-order chi connectivity index (χ1) is 14.1. The summed E-state index contributed by atoms with van der Waals surface area (Å²) < 4.78 is 39.8. The van der Waals surface area contributed by atoms with E-state index >= 15 is 0 Å². The Morgan fingerprint density at radius 1 is 1.20 bits per heavy atom. The highest BCUT2D eigenvalue weighted by Crippen LogP contribution is 2.35. The van der Waals surface area contributed by atoms with E-state index < -0.39 is 17.6 Å². The molecule has 0 spiro atoms. The Morgan fingerprint density at radius 3 is 2.67 bits per heavy atom. The van der Waals surface area contributed by atoms with Crippen molar-refractivity contribution in [2.75, 3.05) is 11.1 Å². The number of halogens is 5. The predicted molar refractivity (Wildman–Crippen MR) is 117 cm³/mol. The topological polar surface area (TPSA) is 42.0 Å². The molecule has 30 heavy (non-hydrogen) atoms. The fourth-order valence-corrected chi connectivity index (χ4v) is 5.07. The number of amides is 1. The summed E-state index contributed by atoms with van der Waals surface area (Å²) in [7, 11) is 0. The van der Waals surface area contributed by atoms with Crippen LogP contribution < -0.4 is 5.32 Å². The van der Waals surface area contributed by atoms with E-state index in [1.165, 1.54) is 41.3 Å². The van der Waals surface area contributed by atoms with E-state index in [-0.39, 0.29) is 11.4 Å². The molecule has 10 heteroatoms. The van der Waals surface area contributed by atoms with Gasteiger partial charge >= 0.3 is 6.18 Å². The van der Waals surface area contributed by atoms with Crippen LogP contribution >= 0.6 is 46.3 Å². The Labute approximate surface area is 189 Å². The third-order valence-electron chi connectivity index (χ3n) is 4.07. The maximum atomic E-state index is 13.0. The molecule has 2 aromatic carbocycles. The number of anilines is 1. The van der Waals surface area contributed by atoms with Crippen molar-refractivity contribution in [1.29, 1.82) is 0 Å². The lowest BCUT2D eigenvalue weighted by Gasteiger charge is -2.13. The van der Waals surface area contributed by atoms with Crippen LogP contribution in [0.1, 0.15) is 21.7 Å². The minimum atomic E-state index is -4.54. The molecule has 0 aliphatic heterocycles. The van der Waals surface area contributed by atoms with Crippen LogP contribution in [0.5, 0.6) is 0 Å². The number of carbonyl (C=O) groups is 1. The van der Waals surface area contributed by atoms with Gasteiger partial charge in [-0.3, -0.25) is 4.79 Å². The second-order valence-electron chi connectivity index (χ2n) is 6.28. The van der Waals surface area contributed by atoms with Gasteiger partial charge in [0.15, 0.2) is 4.34 Å². The van der Waals surface area contributed by atoms with Crippen LogP contribution in [0.15, 0.2) is 46.8 Å². The van der Waals surface area contributed by atoms with Gasteiger partial charge in [-0.15, -0.1) is 11.3 Å². The maximum absolute atomic E-state index is 13.0. The highest BCUT2D eigenvalue weighted by molar-refractivity contribution is 8.01. The number of nitrogens with one attached hydrogen (secondary N) is 1. The summed E-state index contributed by atoms with van der Waals surface area (Å²) in [6.07, 6.45) is -3.99. The van der Waals surface area contributed by atoms with E-state index in [0.717, 1.165) is 22.2 Å². The first kappa shape index (κ1) is 22.9. The SMILES string of the molecule is Cc1nc(SCC(=O)Nc2ccccc2C(F)(F)F)sc1Cc1cc(Cl)ccc1Cl. The van der Waals surface area contributed by atoms with Gasteiger partial charge < -0.3 is 5.32 Å². The van der Waals surface area contributed by atoms with Crippen molar-refractivity contribution in [3.05, 3.63) is 74.2 Å². The molecule has 1 amide bonds. The highest BCUT2D eigenvalue weighted by Gasteiger charge is 2.33. The van der Waals surface area contributed by atoms with Crippen molar-refractivity contribution in [3.63, 3.8) is 0 Å². The lowest BCUT2D eigenvalue weighted by Crippen LogP contribution is -2.18. The molecule has 0 radical (unpaired) electrons. The second kappa shape index (κ2) is 9.60. The predicted octanol–water partition coefficient (Wildman–Crippen LogP) is 7.10. The Balaban J connectivity index is 1.64. The summed E-state index contributed by atoms with van der Waals surface area (Å²) in [6.45, 7) is 1.86. The molecule has 3 aromatic rings. The van der Waals surface area contributed by atoms with E-state index in [4.69, 9.17) is 23.2 Å². The lowest BCUT2D eigenvalue weighted by molar-refractivity contribution is -0.137. The third-order valence-corrected chi connectivity index (χ3v) is 6.97. The van der Waals surface area contributed by atoms with Gasteiger partial charge in [-0.25, -0.2) is 4.98 Å². The van der Waals surface area contributed by atoms with Gasteiger partial charge in [0.05, 0.1) is 22.7 Å². The highest BCUT2D eigenvalue weighted by atomic mass is 35.5. The van der Waals surface area contributed by atoms with Crippen LogP contribution in [0, 0.1) is 6.92 Å². The number of hydrogen-bond donors (Lipinski definition) is 1. The molecule has 1 aromatic heterocycles. The molecule has 0 bridgehead atoms. The molecule has 3 rings (SSSR count). The van der Waals surface area contributed by atoms with Crippen molar-refractivity contribution in [1.82, 2.24) is 4.98 Å². The van der Waals surface area contributed by atoms with Gasteiger partial charge in [-0.1, -0.05) is 47.1 Å². The Bertz CT molecular complexity index is 1070. The number of thiazole rings is 1. The van der Waals surface area contributed by atoms with Crippen molar-refractivity contribution in [3.8, 4) is 0 Å². The molecular weight excluding hydrogens is 476 g/mol. The number of benzene rings is 2. The van der Waals surface area contributed by atoms with E-state index in [2.05, 4.69) is 10.3 Å². The van der Waals surface area contributed by atoms with E-state index in [1.807, 2.05) is 6.92 Å². The van der Waals surface area contributed by atoms with Gasteiger partial charge in [0.2, 0.25) is 5.91 Å². The van der Waals surface area contributed by atoms with Crippen LogP contribution in [-0.2, 0) is 17.4 Å². The number of para-hydroxylation sites is 1. The molecule has 3 nitrogen and oxygen atoms in total. The first-order valence-corrected chi connectivity index (χ1v) is 11.2. The van der Waals surface area contributed by atoms with E-state index in [1.54, 1.807) is 18.2 Å². The van der Waals surface area contributed by atoms with Crippen molar-refractivity contribution in [2.45, 2.75) is 23.9 Å². The Morgan fingerprint density at radius 2 is 1.93 bits per heavy atom. The normalized spacial score (nSPS) is 11.5. The number of carbonyl (C=O) groups excluding carboxylic acids is 1. The molecule has 0 saturated heterocycles. The number of aromatic nitrogens is 1. The van der Waals surface area contributed by atoms with E-state index in [9.17, 15) is 18.0 Å². The third kappa shape index (κ3) is 5.91. The first-order valence-electron chi connectivity index (χ1n) is 8.62. The average molecular weight is 491 g/mol. The van der Waals surface area contributed by atoms with Gasteiger partial charge in [-0.2, -0.15) is 13.2 Å². The summed E-state index contributed by atoms with van der Waals surface area (Å²) in [4.78, 5) is 17.6. The minimum Gasteiger partial charge on any atom is -0.325 e. The second-order valence-corrected chi connectivity index (χ2v) is 9.43. The summed E-state index contributed by atoms with van der Waals surface area (Å²) in [5.74, 6) is -0.597. The zero-order valence-corrected chi connectivity index (χ0v) is 18.7. The smallest absolute Gasteiger partial charge is 0.325 e. The molecule has 0 saturated carbocycles. The van der Waals surface area contributed by atoms with Crippen LogP contribution in [0.2, 0.25) is 10.0 Å². The minimum absolute atomic E-state index is 0.0590. The number of thioether (sulfide) groups is 1. The summed E-state index contributed by atoms with van der Waals surface area (Å²) >= 11 is 14.8. The monoisotopic (exact) mass is 490 g/mol. The molecule has 0 unspecified atom stereocenters. The molecule has 1 N–H and O–H groups in total. The lowest BCUT2D eigenvalue weighted by atomic mass is 10.1. The number of aryl methyl sites for hydroxylation is 1. The maximum Gasteiger partial charge on any atom is 0.418 e. The molecule has 0 fully saturated rings. The van der Waals surface area contributed by atoms with Crippen LogP contribution in [-0.4, -0.2) is 16.6 Å². The van der Waals surface area contributed by atoms with Crippen molar-refractivity contribution in [2.24, 2.45) is 0 Å². The number of alkyl halides is 3. The van der Waals surface area contributed by atoms with Gasteiger partial charge in [-0.05, 0) is 42.8 Å². The summed E-state index contributed by atoms with van der Waals surface area (Å²) in [5.41, 5.74) is 0.534. The van der Waals surface area contributed by atoms with Gasteiger partial charge in [0.25, 0.3) is 0 Å². The number of rotatable bonds is 6. The zero-order valence-electron chi connectivity index (χ0n) is 15.5. The molecule has 0 aliphatic carbocycles. The fraction of sp³-hybridized carbons (Fsp3) is 0.200. The molecule has 158 valence electrons. The average Bonchev–Trinajstić information content (AvgIpc) is 3.02. The molecule has 0 aliphatic rings. The Kier molecular flexibility index (Phi) is 7.34. The number of hydrogen-bond acceptors (Lipinski definition) is 4. The summed E-state index contributed by atoms with van der Waals surface area (Å²) in [6, 6.07) is 10.1.